The molecule has 4 heterocycles. The van der Waals surface area contributed by atoms with Crippen LogP contribution in [0.1, 0.15) is 33.0 Å². The van der Waals surface area contributed by atoms with Crippen molar-refractivity contribution in [1.82, 2.24) is 14.8 Å². The Labute approximate surface area is 147 Å². The van der Waals surface area contributed by atoms with Crippen molar-refractivity contribution in [2.24, 2.45) is 0 Å². The Morgan fingerprint density at radius 2 is 2.12 bits per heavy atom. The molecule has 0 unspecified atom stereocenters. The number of hydrogen-bond donors (Lipinski definition) is 0. The number of morpholine rings is 1. The maximum atomic E-state index is 13.0. The van der Waals surface area contributed by atoms with Crippen molar-refractivity contribution in [3.8, 4) is 0 Å². The molecular formula is C19H23N3O3. The quantitative estimate of drug-likeness (QED) is 0.855. The summed E-state index contributed by atoms with van der Waals surface area (Å²) < 4.78 is 11.3. The fourth-order valence-electron chi connectivity index (χ4n) is 3.67. The largest absolute Gasteiger partial charge is 0.465 e. The number of hydrogen-bond acceptors (Lipinski definition) is 5. The lowest BCUT2D eigenvalue weighted by Crippen LogP contribution is -2.41. The first-order valence-corrected chi connectivity index (χ1v) is 8.82. The normalized spacial score (nSPS) is 18.2. The lowest BCUT2D eigenvalue weighted by molar-refractivity contribution is 0.0300. The van der Waals surface area contributed by atoms with Crippen molar-refractivity contribution < 1.29 is 13.9 Å². The molecule has 4 rings (SSSR count). The Morgan fingerprint density at radius 1 is 1.28 bits per heavy atom. The van der Waals surface area contributed by atoms with Crippen molar-refractivity contribution in [2.75, 3.05) is 32.8 Å². The van der Waals surface area contributed by atoms with E-state index in [9.17, 15) is 4.79 Å². The summed E-state index contributed by atoms with van der Waals surface area (Å²) in [5, 5.41) is 0. The van der Waals surface area contributed by atoms with E-state index in [1.165, 1.54) is 5.56 Å². The summed E-state index contributed by atoms with van der Waals surface area (Å²) in [5.41, 5.74) is 3.00. The highest BCUT2D eigenvalue weighted by atomic mass is 16.5. The summed E-state index contributed by atoms with van der Waals surface area (Å²) in [7, 11) is 0. The van der Waals surface area contributed by atoms with E-state index in [2.05, 4.69) is 16.0 Å². The van der Waals surface area contributed by atoms with Gasteiger partial charge in [0.05, 0.1) is 18.8 Å². The van der Waals surface area contributed by atoms with Gasteiger partial charge >= 0.3 is 0 Å². The van der Waals surface area contributed by atoms with Gasteiger partial charge in [0.25, 0.3) is 5.91 Å². The molecule has 1 saturated heterocycles. The highest BCUT2D eigenvalue weighted by molar-refractivity contribution is 5.97. The van der Waals surface area contributed by atoms with E-state index in [-0.39, 0.29) is 5.91 Å². The van der Waals surface area contributed by atoms with E-state index >= 15 is 0 Å². The van der Waals surface area contributed by atoms with Crippen LogP contribution in [0.5, 0.6) is 0 Å². The van der Waals surface area contributed by atoms with Gasteiger partial charge in [0, 0.05) is 57.1 Å². The maximum absolute atomic E-state index is 13.0. The number of pyridine rings is 1. The Hall–Kier alpha value is -2.18. The molecule has 2 aliphatic rings. The van der Waals surface area contributed by atoms with Gasteiger partial charge in [0.2, 0.25) is 0 Å². The van der Waals surface area contributed by atoms with Gasteiger partial charge in [-0.2, -0.15) is 0 Å². The number of ether oxygens (including phenoxy) is 1. The molecule has 2 aromatic heterocycles. The first-order valence-electron chi connectivity index (χ1n) is 8.82. The Morgan fingerprint density at radius 3 is 2.88 bits per heavy atom. The molecule has 0 spiro atoms. The second-order valence-electron chi connectivity index (χ2n) is 6.66. The zero-order valence-electron chi connectivity index (χ0n) is 14.5. The number of aromatic nitrogens is 1. The predicted octanol–water partition coefficient (Wildman–Crippen LogP) is 2.01. The number of furan rings is 1. The molecule has 132 valence electrons. The molecule has 0 saturated carbocycles. The number of fused-ring (bicyclic) bond motifs is 1. The average Bonchev–Trinajstić information content (AvgIpc) is 2.98. The Balaban J connectivity index is 1.55. The summed E-state index contributed by atoms with van der Waals surface area (Å²) in [6.07, 6.45) is 4.53. The molecule has 1 fully saturated rings. The van der Waals surface area contributed by atoms with Crippen LogP contribution < -0.4 is 0 Å². The third kappa shape index (κ3) is 3.32. The molecule has 0 radical (unpaired) electrons. The first kappa shape index (κ1) is 16.3. The minimum absolute atomic E-state index is 0.0778. The first-order chi connectivity index (χ1) is 12.2. The molecule has 0 aliphatic carbocycles. The van der Waals surface area contributed by atoms with E-state index in [4.69, 9.17) is 9.15 Å². The van der Waals surface area contributed by atoms with Crippen molar-refractivity contribution >= 4 is 5.91 Å². The third-order valence-corrected chi connectivity index (χ3v) is 4.94. The SMILES string of the molecule is Cc1oc2c(c1C(=O)N1CCOCC1)CN(Cc1cccnc1)CC2. The van der Waals surface area contributed by atoms with Crippen LogP contribution in [0.4, 0.5) is 0 Å². The number of carbonyl (C=O) groups is 1. The highest BCUT2D eigenvalue weighted by Gasteiger charge is 2.31. The molecule has 0 aromatic carbocycles. The predicted molar refractivity (Wildman–Crippen MR) is 92.2 cm³/mol. The number of aryl methyl sites for hydroxylation is 1. The monoisotopic (exact) mass is 341 g/mol. The lowest BCUT2D eigenvalue weighted by atomic mass is 10.0. The zero-order valence-corrected chi connectivity index (χ0v) is 14.5. The fourth-order valence-corrected chi connectivity index (χ4v) is 3.67. The number of rotatable bonds is 3. The molecule has 25 heavy (non-hydrogen) atoms. The van der Waals surface area contributed by atoms with Crippen LogP contribution in [-0.4, -0.2) is 53.5 Å². The van der Waals surface area contributed by atoms with Gasteiger partial charge in [0.15, 0.2) is 0 Å². The second kappa shape index (κ2) is 6.98. The summed E-state index contributed by atoms with van der Waals surface area (Å²) in [6.45, 7) is 6.93. The zero-order chi connectivity index (χ0) is 17.2. The molecule has 6 nitrogen and oxygen atoms in total. The smallest absolute Gasteiger partial charge is 0.257 e. The Bertz CT molecular complexity index is 751. The van der Waals surface area contributed by atoms with Crippen LogP contribution >= 0.6 is 0 Å². The topological polar surface area (TPSA) is 58.8 Å². The molecule has 2 aromatic rings. The van der Waals surface area contributed by atoms with E-state index in [0.29, 0.717) is 26.3 Å². The lowest BCUT2D eigenvalue weighted by Gasteiger charge is -2.29. The van der Waals surface area contributed by atoms with Gasteiger partial charge in [-0.3, -0.25) is 14.7 Å². The van der Waals surface area contributed by atoms with Gasteiger partial charge in [-0.15, -0.1) is 0 Å². The average molecular weight is 341 g/mol. The highest BCUT2D eigenvalue weighted by Crippen LogP contribution is 2.30. The van der Waals surface area contributed by atoms with Crippen LogP contribution in [0.3, 0.4) is 0 Å². The number of amides is 1. The van der Waals surface area contributed by atoms with Crippen LogP contribution in [0.2, 0.25) is 0 Å². The summed E-state index contributed by atoms with van der Waals surface area (Å²) in [6, 6.07) is 4.04. The van der Waals surface area contributed by atoms with Gasteiger partial charge in [0.1, 0.15) is 11.5 Å². The fraction of sp³-hybridized carbons (Fsp3) is 0.474. The summed E-state index contributed by atoms with van der Waals surface area (Å²) in [5.74, 6) is 1.79. The molecular weight excluding hydrogens is 318 g/mol. The van der Waals surface area contributed by atoms with Crippen LogP contribution in [0, 0.1) is 6.92 Å². The van der Waals surface area contributed by atoms with E-state index in [0.717, 1.165) is 48.7 Å². The second-order valence-corrected chi connectivity index (χ2v) is 6.66. The van der Waals surface area contributed by atoms with Crippen molar-refractivity contribution in [3.63, 3.8) is 0 Å². The third-order valence-electron chi connectivity index (χ3n) is 4.94. The van der Waals surface area contributed by atoms with Gasteiger partial charge in [-0.05, 0) is 18.6 Å². The molecule has 2 aliphatic heterocycles. The van der Waals surface area contributed by atoms with E-state index < -0.39 is 0 Å². The van der Waals surface area contributed by atoms with Gasteiger partial charge < -0.3 is 14.1 Å². The van der Waals surface area contributed by atoms with Crippen LogP contribution in [-0.2, 0) is 24.2 Å². The minimum atomic E-state index is 0.0778. The molecule has 6 heteroatoms. The number of nitrogens with zero attached hydrogens (tertiary/aromatic N) is 3. The Kier molecular flexibility index (Phi) is 4.55. The molecule has 1 amide bonds. The van der Waals surface area contributed by atoms with E-state index in [1.807, 2.05) is 24.1 Å². The van der Waals surface area contributed by atoms with Crippen molar-refractivity contribution in [1.29, 1.82) is 0 Å². The standard InChI is InChI=1S/C19H23N3O3/c1-14-18(19(23)22-7-9-24-10-8-22)16-13-21(6-4-17(16)25-14)12-15-3-2-5-20-11-15/h2-3,5,11H,4,6-10,12-13H2,1H3. The van der Waals surface area contributed by atoms with Crippen LogP contribution in [0.25, 0.3) is 0 Å². The van der Waals surface area contributed by atoms with Gasteiger partial charge in [-0.1, -0.05) is 6.07 Å². The molecule has 0 bridgehead atoms. The number of carbonyl (C=O) groups excluding carboxylic acids is 1. The summed E-state index contributed by atoms with van der Waals surface area (Å²) in [4.78, 5) is 21.4. The summed E-state index contributed by atoms with van der Waals surface area (Å²) >= 11 is 0. The van der Waals surface area contributed by atoms with Crippen LogP contribution in [0.15, 0.2) is 28.9 Å². The molecule has 0 N–H and O–H groups in total. The maximum Gasteiger partial charge on any atom is 0.257 e. The van der Waals surface area contributed by atoms with Gasteiger partial charge in [-0.25, -0.2) is 0 Å². The van der Waals surface area contributed by atoms with Crippen molar-refractivity contribution in [2.45, 2.75) is 26.4 Å². The van der Waals surface area contributed by atoms with E-state index in [1.54, 1.807) is 6.20 Å². The minimum Gasteiger partial charge on any atom is -0.465 e. The van der Waals surface area contributed by atoms with Crippen molar-refractivity contribution in [3.05, 3.63) is 52.7 Å². The molecule has 0 atom stereocenters.